The van der Waals surface area contributed by atoms with E-state index < -0.39 is 0 Å². The highest BCUT2D eigenvalue weighted by Gasteiger charge is 2.12. The number of rotatable bonds is 1. The van der Waals surface area contributed by atoms with Crippen LogP contribution in [0.3, 0.4) is 0 Å². The predicted octanol–water partition coefficient (Wildman–Crippen LogP) is 2.07. The van der Waals surface area contributed by atoms with E-state index in [1.165, 1.54) is 11.1 Å². The van der Waals surface area contributed by atoms with Crippen LogP contribution < -0.4 is 5.73 Å². The molecule has 0 saturated carbocycles. The fourth-order valence-electron chi connectivity index (χ4n) is 1.85. The van der Waals surface area contributed by atoms with E-state index in [1.54, 1.807) is 12.1 Å². The summed E-state index contributed by atoms with van der Waals surface area (Å²) < 4.78 is 0. The molecule has 0 heterocycles. The summed E-state index contributed by atoms with van der Waals surface area (Å²) in [5.41, 5.74) is 9.51. The van der Waals surface area contributed by atoms with E-state index in [9.17, 15) is 5.11 Å². The average molecular weight is 189 g/mol. The van der Waals surface area contributed by atoms with Crippen molar-refractivity contribution in [3.05, 3.63) is 34.9 Å². The van der Waals surface area contributed by atoms with Crippen molar-refractivity contribution in [2.75, 3.05) is 0 Å². The van der Waals surface area contributed by atoms with Gasteiger partial charge in [-0.3, -0.25) is 0 Å². The summed E-state index contributed by atoms with van der Waals surface area (Å²) in [6.45, 7) is 2.00. The molecule has 1 aliphatic rings. The number of fused-ring (bicyclic) bond motifs is 1. The van der Waals surface area contributed by atoms with Crippen molar-refractivity contribution in [1.82, 2.24) is 0 Å². The lowest BCUT2D eigenvalue weighted by Crippen LogP contribution is -2.20. The SMILES string of the molecule is CC(N)C1=Cc2cc(O)ccc2CC1. The van der Waals surface area contributed by atoms with Gasteiger partial charge in [0.05, 0.1) is 0 Å². The first-order valence-corrected chi connectivity index (χ1v) is 4.95. The Morgan fingerprint density at radius 2 is 2.14 bits per heavy atom. The quantitative estimate of drug-likeness (QED) is 0.710. The van der Waals surface area contributed by atoms with Crippen LogP contribution in [-0.4, -0.2) is 11.1 Å². The molecule has 2 heteroatoms. The number of phenolic OH excluding ortho intramolecular Hbond substituents is 1. The van der Waals surface area contributed by atoms with E-state index in [0.717, 1.165) is 18.4 Å². The third kappa shape index (κ3) is 1.66. The van der Waals surface area contributed by atoms with Gasteiger partial charge in [0.25, 0.3) is 0 Å². The summed E-state index contributed by atoms with van der Waals surface area (Å²) in [5.74, 6) is 0.325. The average Bonchev–Trinajstić information content (AvgIpc) is 2.16. The summed E-state index contributed by atoms with van der Waals surface area (Å²) in [6.07, 6.45) is 4.17. The molecule has 0 bridgehead atoms. The van der Waals surface area contributed by atoms with Crippen LogP contribution in [0.5, 0.6) is 5.75 Å². The lowest BCUT2D eigenvalue weighted by Gasteiger charge is -2.18. The molecule has 0 spiro atoms. The molecule has 2 rings (SSSR count). The molecule has 1 unspecified atom stereocenters. The summed E-state index contributed by atoms with van der Waals surface area (Å²) >= 11 is 0. The Labute approximate surface area is 84.1 Å². The van der Waals surface area contributed by atoms with Crippen LogP contribution >= 0.6 is 0 Å². The minimum absolute atomic E-state index is 0.116. The number of hydrogen-bond donors (Lipinski definition) is 2. The van der Waals surface area contributed by atoms with Crippen molar-refractivity contribution in [2.24, 2.45) is 5.73 Å². The second-order valence-electron chi connectivity index (χ2n) is 3.89. The van der Waals surface area contributed by atoms with Gasteiger partial charge < -0.3 is 10.8 Å². The largest absolute Gasteiger partial charge is 0.508 e. The zero-order valence-corrected chi connectivity index (χ0v) is 8.33. The van der Waals surface area contributed by atoms with Crippen LogP contribution in [0.1, 0.15) is 24.5 Å². The number of nitrogens with two attached hydrogens (primary N) is 1. The van der Waals surface area contributed by atoms with E-state index in [-0.39, 0.29) is 6.04 Å². The normalized spacial score (nSPS) is 17.1. The first-order valence-electron chi connectivity index (χ1n) is 4.95. The number of hydrogen-bond acceptors (Lipinski definition) is 2. The molecule has 0 radical (unpaired) electrons. The Morgan fingerprint density at radius 3 is 2.86 bits per heavy atom. The minimum atomic E-state index is 0.116. The first kappa shape index (κ1) is 9.28. The van der Waals surface area contributed by atoms with Gasteiger partial charge >= 0.3 is 0 Å². The van der Waals surface area contributed by atoms with Crippen molar-refractivity contribution >= 4 is 6.08 Å². The molecule has 1 aliphatic carbocycles. The van der Waals surface area contributed by atoms with Crippen molar-refractivity contribution in [3.63, 3.8) is 0 Å². The summed E-state index contributed by atoms with van der Waals surface area (Å²) in [4.78, 5) is 0. The van der Waals surface area contributed by atoms with E-state index in [0.29, 0.717) is 5.75 Å². The maximum absolute atomic E-state index is 9.35. The van der Waals surface area contributed by atoms with Gasteiger partial charge in [-0.2, -0.15) is 0 Å². The fraction of sp³-hybridized carbons (Fsp3) is 0.333. The number of benzene rings is 1. The highest BCUT2D eigenvalue weighted by Crippen LogP contribution is 2.27. The smallest absolute Gasteiger partial charge is 0.116 e. The maximum Gasteiger partial charge on any atom is 0.116 e. The Bertz CT molecular complexity index is 380. The van der Waals surface area contributed by atoms with Gasteiger partial charge in [0.15, 0.2) is 0 Å². The Morgan fingerprint density at radius 1 is 1.36 bits per heavy atom. The van der Waals surface area contributed by atoms with Gasteiger partial charge in [-0.15, -0.1) is 0 Å². The number of phenols is 1. The van der Waals surface area contributed by atoms with Gasteiger partial charge in [0.2, 0.25) is 0 Å². The van der Waals surface area contributed by atoms with Gasteiger partial charge in [-0.05, 0) is 43.0 Å². The third-order valence-electron chi connectivity index (χ3n) is 2.74. The number of aromatic hydroxyl groups is 1. The molecule has 0 amide bonds. The van der Waals surface area contributed by atoms with E-state index in [2.05, 4.69) is 6.08 Å². The molecular weight excluding hydrogens is 174 g/mol. The molecule has 14 heavy (non-hydrogen) atoms. The molecule has 0 aromatic heterocycles. The fourth-order valence-corrected chi connectivity index (χ4v) is 1.85. The van der Waals surface area contributed by atoms with Gasteiger partial charge in [-0.1, -0.05) is 17.7 Å². The molecule has 74 valence electrons. The molecule has 1 aromatic rings. The second-order valence-corrected chi connectivity index (χ2v) is 3.89. The first-order chi connectivity index (χ1) is 6.66. The van der Waals surface area contributed by atoms with E-state index in [1.807, 2.05) is 13.0 Å². The van der Waals surface area contributed by atoms with Crippen LogP contribution in [0.2, 0.25) is 0 Å². The monoisotopic (exact) mass is 189 g/mol. The molecule has 2 nitrogen and oxygen atoms in total. The van der Waals surface area contributed by atoms with Crippen molar-refractivity contribution in [3.8, 4) is 5.75 Å². The lowest BCUT2D eigenvalue weighted by molar-refractivity contribution is 0.475. The van der Waals surface area contributed by atoms with Gasteiger partial charge in [0, 0.05) is 6.04 Å². The Balaban J connectivity index is 2.42. The van der Waals surface area contributed by atoms with Crippen molar-refractivity contribution in [2.45, 2.75) is 25.8 Å². The molecule has 1 atom stereocenters. The molecule has 0 aliphatic heterocycles. The van der Waals surface area contributed by atoms with E-state index in [4.69, 9.17) is 5.73 Å². The highest BCUT2D eigenvalue weighted by atomic mass is 16.3. The van der Waals surface area contributed by atoms with Crippen LogP contribution in [0.25, 0.3) is 6.08 Å². The minimum Gasteiger partial charge on any atom is -0.508 e. The van der Waals surface area contributed by atoms with Crippen LogP contribution in [0, 0.1) is 0 Å². The Hall–Kier alpha value is -1.28. The molecule has 0 fully saturated rings. The zero-order valence-electron chi connectivity index (χ0n) is 8.33. The van der Waals surface area contributed by atoms with Crippen LogP contribution in [-0.2, 0) is 6.42 Å². The summed E-state index contributed by atoms with van der Waals surface area (Å²) in [6, 6.07) is 5.64. The third-order valence-corrected chi connectivity index (χ3v) is 2.74. The second kappa shape index (κ2) is 3.46. The maximum atomic E-state index is 9.35. The summed E-state index contributed by atoms with van der Waals surface area (Å²) in [7, 11) is 0. The van der Waals surface area contributed by atoms with Crippen LogP contribution in [0.15, 0.2) is 23.8 Å². The molecular formula is C12H15NO. The lowest BCUT2D eigenvalue weighted by atomic mass is 9.89. The molecule has 1 aromatic carbocycles. The topological polar surface area (TPSA) is 46.2 Å². The molecule has 3 N–H and O–H groups in total. The summed E-state index contributed by atoms with van der Waals surface area (Å²) in [5, 5.41) is 9.35. The standard InChI is InChI=1S/C12H15NO/c1-8(13)10-3-2-9-4-5-12(14)7-11(9)6-10/h4-8,14H,2-3,13H2,1H3. The number of aryl methyl sites for hydroxylation is 1. The molecule has 0 saturated heterocycles. The van der Waals surface area contributed by atoms with Gasteiger partial charge in [0.1, 0.15) is 5.75 Å². The van der Waals surface area contributed by atoms with Crippen molar-refractivity contribution < 1.29 is 5.11 Å². The van der Waals surface area contributed by atoms with Gasteiger partial charge in [-0.25, -0.2) is 0 Å². The van der Waals surface area contributed by atoms with E-state index >= 15 is 0 Å². The van der Waals surface area contributed by atoms with Crippen LogP contribution in [0.4, 0.5) is 0 Å². The Kier molecular flexibility index (Phi) is 2.30. The van der Waals surface area contributed by atoms with Crippen molar-refractivity contribution in [1.29, 1.82) is 0 Å². The highest BCUT2D eigenvalue weighted by molar-refractivity contribution is 5.62. The zero-order chi connectivity index (χ0) is 10.1. The predicted molar refractivity (Wildman–Crippen MR) is 58.1 cm³/mol.